The van der Waals surface area contributed by atoms with Crippen molar-refractivity contribution in [2.45, 2.75) is 0 Å². The molecule has 0 spiro atoms. The molecule has 4 rings (SSSR count). The van der Waals surface area contributed by atoms with Gasteiger partial charge in [0.2, 0.25) is 0 Å². The Morgan fingerprint density at radius 3 is 2.24 bits per heavy atom. The van der Waals surface area contributed by atoms with Gasteiger partial charge in [0.25, 0.3) is 5.91 Å². The highest BCUT2D eigenvalue weighted by Gasteiger charge is 2.32. The van der Waals surface area contributed by atoms with Crippen LogP contribution in [0.2, 0.25) is 0 Å². The topological polar surface area (TPSA) is 41.9 Å². The van der Waals surface area contributed by atoms with Crippen molar-refractivity contribution in [1.82, 2.24) is 0 Å². The van der Waals surface area contributed by atoms with Gasteiger partial charge in [0.15, 0.2) is 0 Å². The molecule has 0 aromatic heterocycles. The van der Waals surface area contributed by atoms with Gasteiger partial charge in [-0.15, -0.1) is 0 Å². The number of rotatable bonds is 4. The molecule has 3 aromatic rings. The maximum Gasteiger partial charge on any atom is 0.282 e. The quantitative estimate of drug-likeness (QED) is 0.497. The molecule has 0 bridgehead atoms. The fourth-order valence-corrected chi connectivity index (χ4v) is 3.26. The number of hydrogen-bond acceptors (Lipinski definition) is 3. The number of benzene rings is 3. The van der Waals surface area contributed by atoms with Crippen LogP contribution in [0.1, 0.15) is 11.1 Å². The van der Waals surface area contributed by atoms with Crippen LogP contribution in [0.25, 0.3) is 6.08 Å². The molecule has 0 radical (unpaired) electrons. The molecule has 1 amide bonds. The fourth-order valence-electron chi connectivity index (χ4n) is 3.00. The zero-order valence-corrected chi connectivity index (χ0v) is 17.1. The third-order valence-corrected chi connectivity index (χ3v) is 5.00. The predicted octanol–water partition coefficient (Wildman–Crippen LogP) is 5.43. The van der Waals surface area contributed by atoms with E-state index in [2.05, 4.69) is 20.9 Å². The number of hydrogen-bond donors (Lipinski definition) is 0. The first-order valence-corrected chi connectivity index (χ1v) is 9.65. The lowest BCUT2D eigenvalue weighted by Gasteiger charge is -2.18. The molecule has 0 unspecified atom stereocenters. The lowest BCUT2D eigenvalue weighted by Crippen LogP contribution is -2.32. The molecule has 3 aromatic carbocycles. The van der Waals surface area contributed by atoms with E-state index in [-0.39, 0.29) is 17.4 Å². The van der Waals surface area contributed by atoms with E-state index < -0.39 is 0 Å². The third-order valence-electron chi connectivity index (χ3n) is 4.47. The Hall–Kier alpha value is -3.25. The zero-order chi connectivity index (χ0) is 20.4. The van der Waals surface area contributed by atoms with Gasteiger partial charge in [-0.2, -0.15) is 0 Å². The molecule has 144 valence electrons. The SMILES string of the molecule is COc1ccc(C2=N/C(=C/c3ccc(F)cc3)C(=O)N2c2ccc(Br)cc2)cc1. The minimum Gasteiger partial charge on any atom is -0.497 e. The number of amidine groups is 1. The first-order valence-electron chi connectivity index (χ1n) is 8.85. The van der Waals surface area contributed by atoms with Crippen molar-refractivity contribution in [2.75, 3.05) is 12.0 Å². The Morgan fingerprint density at radius 2 is 1.62 bits per heavy atom. The molecule has 0 atom stereocenters. The lowest BCUT2D eigenvalue weighted by molar-refractivity contribution is -0.113. The van der Waals surface area contributed by atoms with Crippen molar-refractivity contribution in [3.63, 3.8) is 0 Å². The number of carbonyl (C=O) groups is 1. The molecule has 1 aliphatic rings. The van der Waals surface area contributed by atoms with Gasteiger partial charge in [-0.05, 0) is 72.3 Å². The fraction of sp³-hybridized carbons (Fsp3) is 0.0435. The van der Waals surface area contributed by atoms with Crippen LogP contribution < -0.4 is 9.64 Å². The maximum absolute atomic E-state index is 13.2. The summed E-state index contributed by atoms with van der Waals surface area (Å²) in [7, 11) is 1.60. The second-order valence-electron chi connectivity index (χ2n) is 6.36. The number of ether oxygens (including phenoxy) is 1. The number of carbonyl (C=O) groups excluding carboxylic acids is 1. The molecule has 1 heterocycles. The van der Waals surface area contributed by atoms with E-state index >= 15 is 0 Å². The number of halogens is 2. The minimum atomic E-state index is -0.330. The zero-order valence-electron chi connectivity index (χ0n) is 15.5. The van der Waals surface area contributed by atoms with Crippen LogP contribution in [0.3, 0.4) is 0 Å². The predicted molar refractivity (Wildman–Crippen MR) is 116 cm³/mol. The molecular formula is C23H16BrFN2O2. The Bertz CT molecular complexity index is 1110. The van der Waals surface area contributed by atoms with Crippen molar-refractivity contribution >= 4 is 39.4 Å². The smallest absolute Gasteiger partial charge is 0.282 e. The maximum atomic E-state index is 13.2. The number of methoxy groups -OCH3 is 1. The van der Waals surface area contributed by atoms with E-state index in [9.17, 15) is 9.18 Å². The monoisotopic (exact) mass is 450 g/mol. The van der Waals surface area contributed by atoms with Crippen LogP contribution in [-0.4, -0.2) is 18.9 Å². The molecule has 0 fully saturated rings. The summed E-state index contributed by atoms with van der Waals surface area (Å²) in [6.07, 6.45) is 1.66. The molecule has 29 heavy (non-hydrogen) atoms. The molecule has 0 aliphatic carbocycles. The molecule has 6 heteroatoms. The summed E-state index contributed by atoms with van der Waals surface area (Å²) in [6, 6.07) is 20.7. The van der Waals surface area contributed by atoms with E-state index in [0.29, 0.717) is 17.1 Å². The van der Waals surface area contributed by atoms with Crippen LogP contribution in [0.4, 0.5) is 10.1 Å². The van der Waals surface area contributed by atoms with Crippen LogP contribution in [-0.2, 0) is 4.79 Å². The van der Waals surface area contributed by atoms with Crippen LogP contribution in [0.5, 0.6) is 5.75 Å². The highest BCUT2D eigenvalue weighted by molar-refractivity contribution is 9.10. The van der Waals surface area contributed by atoms with Gasteiger partial charge >= 0.3 is 0 Å². The largest absolute Gasteiger partial charge is 0.497 e. The molecule has 0 N–H and O–H groups in total. The molecule has 0 saturated heterocycles. The highest BCUT2D eigenvalue weighted by atomic mass is 79.9. The highest BCUT2D eigenvalue weighted by Crippen LogP contribution is 2.29. The number of aliphatic imine (C=N–C) groups is 1. The van der Waals surface area contributed by atoms with Gasteiger partial charge < -0.3 is 4.74 Å². The standard InChI is InChI=1S/C23H16BrFN2O2/c1-29-20-12-4-16(5-13-20)22-26-21(14-15-2-8-18(25)9-3-15)23(28)27(22)19-10-6-17(24)7-11-19/h2-14H,1H3/b21-14+. The first kappa shape index (κ1) is 19.1. The number of amides is 1. The summed E-state index contributed by atoms with van der Waals surface area (Å²) in [5, 5.41) is 0. The second-order valence-corrected chi connectivity index (χ2v) is 7.28. The Kier molecular flexibility index (Phi) is 5.27. The molecule has 0 saturated carbocycles. The van der Waals surface area contributed by atoms with E-state index in [1.807, 2.05) is 48.5 Å². The van der Waals surface area contributed by atoms with E-state index in [1.54, 1.807) is 30.2 Å². The third kappa shape index (κ3) is 3.98. The summed E-state index contributed by atoms with van der Waals surface area (Å²) in [6.45, 7) is 0. The van der Waals surface area contributed by atoms with E-state index in [0.717, 1.165) is 15.8 Å². The summed E-state index contributed by atoms with van der Waals surface area (Å²) in [5.74, 6) is 0.663. The van der Waals surface area contributed by atoms with Gasteiger partial charge in [-0.1, -0.05) is 28.1 Å². The van der Waals surface area contributed by atoms with E-state index in [4.69, 9.17) is 4.74 Å². The first-order chi connectivity index (χ1) is 14.0. The van der Waals surface area contributed by atoms with Crippen LogP contribution in [0, 0.1) is 5.82 Å². The van der Waals surface area contributed by atoms with Crippen molar-refractivity contribution < 1.29 is 13.9 Å². The minimum absolute atomic E-state index is 0.248. The van der Waals surface area contributed by atoms with Gasteiger partial charge in [0.05, 0.1) is 12.8 Å². The summed E-state index contributed by atoms with van der Waals surface area (Å²) in [4.78, 5) is 19.4. The van der Waals surface area contributed by atoms with Crippen molar-refractivity contribution in [3.8, 4) is 5.75 Å². The lowest BCUT2D eigenvalue weighted by atomic mass is 10.1. The average Bonchev–Trinajstić information content (AvgIpc) is 3.06. The second kappa shape index (κ2) is 8.01. The van der Waals surface area contributed by atoms with Gasteiger partial charge in [0, 0.05) is 10.0 Å². The normalized spacial score (nSPS) is 15.0. The van der Waals surface area contributed by atoms with Crippen LogP contribution in [0.15, 0.2) is 88.0 Å². The summed E-state index contributed by atoms with van der Waals surface area (Å²) >= 11 is 3.42. The van der Waals surface area contributed by atoms with Crippen LogP contribution >= 0.6 is 15.9 Å². The molecule has 1 aliphatic heterocycles. The Labute approximate surface area is 176 Å². The van der Waals surface area contributed by atoms with E-state index in [1.165, 1.54) is 12.1 Å². The summed E-state index contributed by atoms with van der Waals surface area (Å²) < 4.78 is 19.3. The molecular weight excluding hydrogens is 435 g/mol. The number of anilines is 1. The van der Waals surface area contributed by atoms with Gasteiger partial charge in [-0.25, -0.2) is 9.38 Å². The molecule has 4 nitrogen and oxygen atoms in total. The Morgan fingerprint density at radius 1 is 0.966 bits per heavy atom. The van der Waals surface area contributed by atoms with Crippen molar-refractivity contribution in [2.24, 2.45) is 4.99 Å². The number of nitrogens with zero attached hydrogens (tertiary/aromatic N) is 2. The van der Waals surface area contributed by atoms with Crippen molar-refractivity contribution in [3.05, 3.63) is 99.9 Å². The van der Waals surface area contributed by atoms with Gasteiger partial charge in [-0.3, -0.25) is 9.69 Å². The van der Waals surface area contributed by atoms with Crippen molar-refractivity contribution in [1.29, 1.82) is 0 Å². The average molecular weight is 451 g/mol. The Balaban J connectivity index is 1.79. The summed E-state index contributed by atoms with van der Waals surface area (Å²) in [5.41, 5.74) is 2.47. The van der Waals surface area contributed by atoms with Gasteiger partial charge in [0.1, 0.15) is 23.1 Å².